The molecule has 3 saturated heterocycles. The predicted octanol–water partition coefficient (Wildman–Crippen LogP) is 2.38. The summed E-state index contributed by atoms with van der Waals surface area (Å²) in [5, 5.41) is 2.92. The Morgan fingerprint density at radius 2 is 1.67 bits per heavy atom. The lowest BCUT2D eigenvalue weighted by molar-refractivity contribution is -0.140. The van der Waals surface area contributed by atoms with E-state index in [2.05, 4.69) is 5.32 Å². The van der Waals surface area contributed by atoms with Crippen LogP contribution in [-0.2, 0) is 20.9 Å². The molecule has 3 heterocycles. The summed E-state index contributed by atoms with van der Waals surface area (Å²) in [6.45, 7) is 7.76. The first-order valence-corrected chi connectivity index (χ1v) is 10.4. The van der Waals surface area contributed by atoms with Crippen LogP contribution in [0.5, 0.6) is 0 Å². The lowest BCUT2D eigenvalue weighted by Crippen LogP contribution is -2.67. The van der Waals surface area contributed by atoms with Crippen molar-refractivity contribution in [3.63, 3.8) is 0 Å². The molecule has 162 valence electrons. The maximum Gasteiger partial charge on any atom is 0.410 e. The molecule has 1 N–H and O–H groups in total. The van der Waals surface area contributed by atoms with Crippen molar-refractivity contribution in [1.29, 1.82) is 0 Å². The summed E-state index contributed by atoms with van der Waals surface area (Å²) in [6.07, 6.45) is -0.159. The largest absolute Gasteiger partial charge is 0.445 e. The maximum absolute atomic E-state index is 12.8. The molecule has 0 saturated carbocycles. The average Bonchev–Trinajstić information content (AvgIpc) is 3.20. The van der Waals surface area contributed by atoms with Crippen LogP contribution in [0, 0.1) is 10.8 Å². The summed E-state index contributed by atoms with van der Waals surface area (Å²) in [6, 6.07) is 9.49. The van der Waals surface area contributed by atoms with Crippen LogP contribution in [0.25, 0.3) is 0 Å². The van der Waals surface area contributed by atoms with Gasteiger partial charge in [-0.3, -0.25) is 4.79 Å². The monoisotopic (exact) mass is 415 g/mol. The summed E-state index contributed by atoms with van der Waals surface area (Å²) >= 11 is 0. The van der Waals surface area contributed by atoms with E-state index >= 15 is 0 Å². The van der Waals surface area contributed by atoms with Crippen LogP contribution in [0.1, 0.15) is 32.8 Å². The summed E-state index contributed by atoms with van der Waals surface area (Å²) in [7, 11) is 0. The minimum atomic E-state index is -0.683. The molecule has 1 atom stereocenters. The van der Waals surface area contributed by atoms with Crippen LogP contribution in [0.4, 0.5) is 9.59 Å². The smallest absolute Gasteiger partial charge is 0.410 e. The molecule has 1 aromatic rings. The summed E-state index contributed by atoms with van der Waals surface area (Å²) < 4.78 is 11.0. The predicted molar refractivity (Wildman–Crippen MR) is 108 cm³/mol. The first-order valence-electron chi connectivity index (χ1n) is 10.4. The van der Waals surface area contributed by atoms with Crippen molar-refractivity contribution < 1.29 is 23.9 Å². The second-order valence-corrected chi connectivity index (χ2v) is 9.60. The van der Waals surface area contributed by atoms with E-state index in [0.717, 1.165) is 5.56 Å². The summed E-state index contributed by atoms with van der Waals surface area (Å²) in [4.78, 5) is 41.3. The number of fused-ring (bicyclic) bond motifs is 1. The number of nitrogens with zero attached hydrogens (tertiary/aromatic N) is 2. The molecule has 30 heavy (non-hydrogen) atoms. The molecule has 3 amide bonds. The van der Waals surface area contributed by atoms with Crippen molar-refractivity contribution in [2.45, 2.75) is 39.4 Å². The molecule has 8 nitrogen and oxygen atoms in total. The lowest BCUT2D eigenvalue weighted by atomic mass is 9.60. The standard InChI is InChI=1S/C22H29N3O5/c1-20(2,3)30-19(28)24-12-21(13-24)14-25(15-22(21)9-10-23-17(22)26)18(27)29-11-16-7-5-4-6-8-16/h4-8H,9-15H2,1-3H3,(H,23,26). The van der Waals surface area contributed by atoms with Crippen molar-refractivity contribution in [3.8, 4) is 0 Å². The molecule has 0 radical (unpaired) electrons. The average molecular weight is 415 g/mol. The van der Waals surface area contributed by atoms with Crippen molar-refractivity contribution >= 4 is 18.1 Å². The number of likely N-dealkylation sites (tertiary alicyclic amines) is 2. The van der Waals surface area contributed by atoms with Crippen LogP contribution in [0.15, 0.2) is 30.3 Å². The Kier molecular flexibility index (Phi) is 4.91. The Labute approximate surface area is 176 Å². The molecule has 1 unspecified atom stereocenters. The SMILES string of the molecule is CC(C)(C)OC(=O)N1CC2(CN(C(=O)OCc3ccccc3)CC23CCNC3=O)C1. The molecule has 1 aromatic carbocycles. The molecule has 3 aliphatic heterocycles. The second-order valence-electron chi connectivity index (χ2n) is 9.60. The van der Waals surface area contributed by atoms with Gasteiger partial charge in [0.25, 0.3) is 0 Å². The van der Waals surface area contributed by atoms with Gasteiger partial charge in [-0.25, -0.2) is 9.59 Å². The Morgan fingerprint density at radius 1 is 1.03 bits per heavy atom. The van der Waals surface area contributed by atoms with E-state index in [-0.39, 0.29) is 18.6 Å². The summed E-state index contributed by atoms with van der Waals surface area (Å²) in [5.74, 6) is -0.0373. The Morgan fingerprint density at radius 3 is 2.23 bits per heavy atom. The van der Waals surface area contributed by atoms with E-state index in [0.29, 0.717) is 39.1 Å². The number of carbonyl (C=O) groups excluding carboxylic acids is 3. The number of hydrogen-bond acceptors (Lipinski definition) is 5. The quantitative estimate of drug-likeness (QED) is 0.801. The molecule has 0 aromatic heterocycles. The van der Waals surface area contributed by atoms with Crippen molar-refractivity contribution in [2.24, 2.45) is 10.8 Å². The van der Waals surface area contributed by atoms with Gasteiger partial charge in [-0.2, -0.15) is 0 Å². The Balaban J connectivity index is 1.45. The molecule has 3 fully saturated rings. The summed E-state index contributed by atoms with van der Waals surface area (Å²) in [5.41, 5.74) is -0.813. The van der Waals surface area contributed by atoms with Gasteiger partial charge in [0.1, 0.15) is 12.2 Å². The normalized spacial score (nSPS) is 24.7. The highest BCUT2D eigenvalue weighted by Crippen LogP contribution is 2.56. The topological polar surface area (TPSA) is 88.2 Å². The van der Waals surface area contributed by atoms with E-state index in [1.807, 2.05) is 51.1 Å². The lowest BCUT2D eigenvalue weighted by Gasteiger charge is -2.53. The number of nitrogens with one attached hydrogen (secondary N) is 1. The van der Waals surface area contributed by atoms with Gasteiger partial charge in [-0.15, -0.1) is 0 Å². The fourth-order valence-corrected chi connectivity index (χ4v) is 4.88. The van der Waals surface area contributed by atoms with Gasteiger partial charge in [-0.1, -0.05) is 30.3 Å². The third-order valence-corrected chi connectivity index (χ3v) is 6.34. The zero-order valence-electron chi connectivity index (χ0n) is 17.8. The van der Waals surface area contributed by atoms with Gasteiger partial charge in [0, 0.05) is 38.1 Å². The van der Waals surface area contributed by atoms with E-state index < -0.39 is 22.5 Å². The zero-order valence-corrected chi connectivity index (χ0v) is 17.8. The third kappa shape index (κ3) is 3.48. The van der Waals surface area contributed by atoms with Crippen molar-refractivity contribution in [3.05, 3.63) is 35.9 Å². The second kappa shape index (κ2) is 7.18. The molecule has 2 spiro atoms. The molecular weight excluding hydrogens is 386 g/mol. The number of ether oxygens (including phenoxy) is 2. The highest BCUT2D eigenvalue weighted by atomic mass is 16.6. The molecular formula is C22H29N3O5. The van der Waals surface area contributed by atoms with Crippen LogP contribution >= 0.6 is 0 Å². The fraction of sp³-hybridized carbons (Fsp3) is 0.591. The molecule has 0 bridgehead atoms. The van der Waals surface area contributed by atoms with Gasteiger partial charge in [-0.05, 0) is 32.8 Å². The van der Waals surface area contributed by atoms with Gasteiger partial charge in [0.15, 0.2) is 0 Å². The Bertz CT molecular complexity index is 844. The van der Waals surface area contributed by atoms with Gasteiger partial charge in [0.2, 0.25) is 5.91 Å². The van der Waals surface area contributed by atoms with E-state index in [9.17, 15) is 14.4 Å². The third-order valence-electron chi connectivity index (χ3n) is 6.34. The Hall–Kier alpha value is -2.77. The van der Waals surface area contributed by atoms with Crippen LogP contribution in [0.2, 0.25) is 0 Å². The maximum atomic E-state index is 12.8. The van der Waals surface area contributed by atoms with Crippen LogP contribution in [0.3, 0.4) is 0 Å². The molecule has 8 heteroatoms. The zero-order chi connectivity index (χ0) is 21.6. The first kappa shape index (κ1) is 20.5. The number of amides is 3. The fourth-order valence-electron chi connectivity index (χ4n) is 4.88. The minimum Gasteiger partial charge on any atom is -0.445 e. The van der Waals surface area contributed by atoms with E-state index in [4.69, 9.17) is 9.47 Å². The highest BCUT2D eigenvalue weighted by molar-refractivity contribution is 5.88. The van der Waals surface area contributed by atoms with Crippen molar-refractivity contribution in [2.75, 3.05) is 32.7 Å². The number of rotatable bonds is 2. The molecule has 4 rings (SSSR count). The van der Waals surface area contributed by atoms with Gasteiger partial charge < -0.3 is 24.6 Å². The van der Waals surface area contributed by atoms with E-state index in [1.54, 1.807) is 9.80 Å². The molecule has 3 aliphatic rings. The van der Waals surface area contributed by atoms with Crippen LogP contribution in [-0.4, -0.2) is 66.2 Å². The first-order chi connectivity index (χ1) is 14.1. The number of benzene rings is 1. The molecule has 0 aliphatic carbocycles. The van der Waals surface area contributed by atoms with Gasteiger partial charge in [0.05, 0.1) is 5.41 Å². The number of hydrogen-bond donors (Lipinski definition) is 1. The number of carbonyl (C=O) groups is 3. The van der Waals surface area contributed by atoms with E-state index in [1.165, 1.54) is 0 Å². The minimum absolute atomic E-state index is 0.0373. The van der Waals surface area contributed by atoms with Crippen molar-refractivity contribution in [1.82, 2.24) is 15.1 Å². The van der Waals surface area contributed by atoms with Crippen LogP contribution < -0.4 is 5.32 Å². The van der Waals surface area contributed by atoms with Gasteiger partial charge >= 0.3 is 12.2 Å². The highest BCUT2D eigenvalue weighted by Gasteiger charge is 2.69.